The SMILES string of the molecule is Cc1nc(-c2cccc(C(=O)N3CCN(c4ccc(C#N)cn4)C(C(=O)O)C3)c2)no1. The summed E-state index contributed by atoms with van der Waals surface area (Å²) in [6.45, 7) is 2.31. The minimum absolute atomic E-state index is 0.00138. The highest BCUT2D eigenvalue weighted by atomic mass is 16.5. The number of aryl methyl sites for hydroxylation is 1. The highest BCUT2D eigenvalue weighted by Crippen LogP contribution is 2.22. The van der Waals surface area contributed by atoms with E-state index in [4.69, 9.17) is 9.78 Å². The summed E-state index contributed by atoms with van der Waals surface area (Å²) in [4.78, 5) is 36.5. The zero-order valence-corrected chi connectivity index (χ0v) is 16.6. The van der Waals surface area contributed by atoms with E-state index in [1.165, 1.54) is 11.1 Å². The monoisotopic (exact) mass is 418 g/mol. The van der Waals surface area contributed by atoms with Crippen LogP contribution in [0.15, 0.2) is 47.1 Å². The van der Waals surface area contributed by atoms with E-state index in [0.29, 0.717) is 47.3 Å². The largest absolute Gasteiger partial charge is 0.480 e. The van der Waals surface area contributed by atoms with Gasteiger partial charge in [-0.3, -0.25) is 4.79 Å². The molecule has 31 heavy (non-hydrogen) atoms. The number of hydrogen-bond donors (Lipinski definition) is 1. The van der Waals surface area contributed by atoms with Crippen molar-refractivity contribution in [1.29, 1.82) is 5.26 Å². The molecule has 0 aliphatic carbocycles. The van der Waals surface area contributed by atoms with E-state index in [1.54, 1.807) is 48.2 Å². The lowest BCUT2D eigenvalue weighted by Crippen LogP contribution is -2.58. The Morgan fingerprint density at radius 2 is 2.10 bits per heavy atom. The van der Waals surface area contributed by atoms with Crippen molar-refractivity contribution in [3.05, 3.63) is 59.6 Å². The lowest BCUT2D eigenvalue weighted by Gasteiger charge is -2.40. The maximum atomic E-state index is 13.1. The number of nitriles is 1. The Morgan fingerprint density at radius 3 is 2.74 bits per heavy atom. The number of carbonyl (C=O) groups is 2. The normalized spacial score (nSPS) is 16.1. The fourth-order valence-electron chi connectivity index (χ4n) is 3.47. The molecule has 1 fully saturated rings. The van der Waals surface area contributed by atoms with E-state index in [0.717, 1.165) is 0 Å². The molecular weight excluding hydrogens is 400 g/mol. The average Bonchev–Trinajstić information content (AvgIpc) is 3.24. The first-order valence-electron chi connectivity index (χ1n) is 9.52. The van der Waals surface area contributed by atoms with Gasteiger partial charge in [0, 0.05) is 37.3 Å². The van der Waals surface area contributed by atoms with Crippen LogP contribution in [0.2, 0.25) is 0 Å². The lowest BCUT2D eigenvalue weighted by atomic mass is 10.1. The van der Waals surface area contributed by atoms with Crippen molar-refractivity contribution in [3.8, 4) is 17.5 Å². The number of aliphatic carboxylic acids is 1. The van der Waals surface area contributed by atoms with Gasteiger partial charge in [0.15, 0.2) is 0 Å². The van der Waals surface area contributed by atoms with Crippen LogP contribution in [-0.2, 0) is 4.79 Å². The maximum absolute atomic E-state index is 13.1. The molecule has 0 bridgehead atoms. The minimum Gasteiger partial charge on any atom is -0.480 e. The molecule has 1 atom stereocenters. The summed E-state index contributed by atoms with van der Waals surface area (Å²) in [5.74, 6) is -0.0794. The second kappa shape index (κ2) is 8.23. The summed E-state index contributed by atoms with van der Waals surface area (Å²) in [6, 6.07) is 11.1. The molecule has 1 unspecified atom stereocenters. The van der Waals surface area contributed by atoms with Crippen LogP contribution in [0, 0.1) is 18.3 Å². The molecule has 3 heterocycles. The number of carboxylic acid groups (broad SMARTS) is 1. The van der Waals surface area contributed by atoms with Gasteiger partial charge in [-0.25, -0.2) is 9.78 Å². The fraction of sp³-hybridized carbons (Fsp3) is 0.238. The summed E-state index contributed by atoms with van der Waals surface area (Å²) in [5.41, 5.74) is 1.44. The summed E-state index contributed by atoms with van der Waals surface area (Å²) in [7, 11) is 0. The average molecular weight is 418 g/mol. The number of hydrogen-bond acceptors (Lipinski definition) is 8. The zero-order chi connectivity index (χ0) is 22.0. The number of carboxylic acids is 1. The number of piperazine rings is 1. The Morgan fingerprint density at radius 1 is 1.26 bits per heavy atom. The molecule has 10 nitrogen and oxygen atoms in total. The molecule has 1 saturated heterocycles. The third-order valence-electron chi connectivity index (χ3n) is 5.02. The first kappa shape index (κ1) is 20.0. The van der Waals surface area contributed by atoms with Crippen molar-refractivity contribution >= 4 is 17.7 Å². The van der Waals surface area contributed by atoms with E-state index in [1.807, 2.05) is 6.07 Å². The number of nitrogens with zero attached hydrogens (tertiary/aromatic N) is 6. The van der Waals surface area contributed by atoms with E-state index in [2.05, 4.69) is 15.1 Å². The molecule has 4 rings (SSSR count). The molecule has 1 N–H and O–H groups in total. The highest BCUT2D eigenvalue weighted by molar-refractivity contribution is 5.96. The van der Waals surface area contributed by atoms with Crippen LogP contribution in [0.25, 0.3) is 11.4 Å². The number of pyridine rings is 1. The van der Waals surface area contributed by atoms with Gasteiger partial charge < -0.3 is 19.4 Å². The number of carbonyl (C=O) groups excluding carboxylic acids is 1. The fourth-order valence-corrected chi connectivity index (χ4v) is 3.47. The van der Waals surface area contributed by atoms with Crippen LogP contribution in [0.3, 0.4) is 0 Å². The first-order chi connectivity index (χ1) is 15.0. The lowest BCUT2D eigenvalue weighted by molar-refractivity contribution is -0.139. The van der Waals surface area contributed by atoms with Crippen molar-refractivity contribution in [2.24, 2.45) is 0 Å². The van der Waals surface area contributed by atoms with E-state index < -0.39 is 12.0 Å². The number of aromatic nitrogens is 3. The van der Waals surface area contributed by atoms with Crippen LogP contribution < -0.4 is 4.90 Å². The van der Waals surface area contributed by atoms with Gasteiger partial charge in [-0.15, -0.1) is 0 Å². The van der Waals surface area contributed by atoms with Crippen molar-refractivity contribution < 1.29 is 19.2 Å². The Balaban J connectivity index is 1.54. The minimum atomic E-state index is -1.06. The van der Waals surface area contributed by atoms with Crippen LogP contribution in [0.5, 0.6) is 0 Å². The second-order valence-corrected chi connectivity index (χ2v) is 7.03. The molecule has 1 aliphatic heterocycles. The summed E-state index contributed by atoms with van der Waals surface area (Å²) >= 11 is 0. The van der Waals surface area contributed by atoms with Gasteiger partial charge in [-0.1, -0.05) is 17.3 Å². The summed E-state index contributed by atoms with van der Waals surface area (Å²) in [5, 5.41) is 22.5. The number of anilines is 1. The standard InChI is InChI=1S/C21H18N6O4/c1-13-24-19(25-31-13)15-3-2-4-16(9-15)20(28)26-7-8-27(17(12-26)21(29)30)18-6-5-14(10-22)11-23-18/h2-6,9,11,17H,7-8,12H2,1H3,(H,29,30). The predicted molar refractivity (Wildman–Crippen MR) is 108 cm³/mol. The number of amides is 1. The molecule has 156 valence electrons. The smallest absolute Gasteiger partial charge is 0.328 e. The second-order valence-electron chi connectivity index (χ2n) is 7.03. The molecule has 1 amide bonds. The molecule has 3 aromatic rings. The van der Waals surface area contributed by atoms with E-state index in [9.17, 15) is 14.7 Å². The molecule has 2 aromatic heterocycles. The van der Waals surface area contributed by atoms with Gasteiger partial charge in [0.1, 0.15) is 17.9 Å². The highest BCUT2D eigenvalue weighted by Gasteiger charge is 2.35. The molecule has 0 saturated carbocycles. The quantitative estimate of drug-likeness (QED) is 0.671. The van der Waals surface area contributed by atoms with Gasteiger partial charge in [-0.2, -0.15) is 10.2 Å². The van der Waals surface area contributed by atoms with Crippen LogP contribution in [-0.4, -0.2) is 62.7 Å². The predicted octanol–water partition coefficient (Wildman–Crippen LogP) is 1.73. The van der Waals surface area contributed by atoms with Crippen molar-refractivity contribution in [3.63, 3.8) is 0 Å². The molecule has 1 aliphatic rings. The number of benzene rings is 1. The van der Waals surface area contributed by atoms with Gasteiger partial charge >= 0.3 is 5.97 Å². The van der Waals surface area contributed by atoms with Gasteiger partial charge in [0.25, 0.3) is 5.91 Å². The Hall–Kier alpha value is -4.26. The van der Waals surface area contributed by atoms with Crippen molar-refractivity contribution in [2.75, 3.05) is 24.5 Å². The van der Waals surface area contributed by atoms with Gasteiger partial charge in [-0.05, 0) is 24.3 Å². The van der Waals surface area contributed by atoms with E-state index in [-0.39, 0.29) is 12.5 Å². The third kappa shape index (κ3) is 4.06. The third-order valence-corrected chi connectivity index (χ3v) is 5.02. The summed E-state index contributed by atoms with van der Waals surface area (Å²) < 4.78 is 4.99. The Bertz CT molecular complexity index is 1170. The van der Waals surface area contributed by atoms with Crippen LogP contribution in [0.4, 0.5) is 5.82 Å². The summed E-state index contributed by atoms with van der Waals surface area (Å²) in [6.07, 6.45) is 1.40. The molecule has 0 spiro atoms. The van der Waals surface area contributed by atoms with Crippen molar-refractivity contribution in [1.82, 2.24) is 20.0 Å². The van der Waals surface area contributed by atoms with Crippen LogP contribution >= 0.6 is 0 Å². The Kier molecular flexibility index (Phi) is 5.32. The van der Waals surface area contributed by atoms with E-state index >= 15 is 0 Å². The Labute approximate surface area is 177 Å². The maximum Gasteiger partial charge on any atom is 0.328 e. The van der Waals surface area contributed by atoms with Crippen molar-refractivity contribution in [2.45, 2.75) is 13.0 Å². The van der Waals surface area contributed by atoms with Gasteiger partial charge in [0.05, 0.1) is 12.1 Å². The zero-order valence-electron chi connectivity index (χ0n) is 16.6. The molecular formula is C21H18N6O4. The first-order valence-corrected chi connectivity index (χ1v) is 9.52. The number of rotatable bonds is 4. The molecule has 0 radical (unpaired) electrons. The van der Waals surface area contributed by atoms with Crippen LogP contribution in [0.1, 0.15) is 21.8 Å². The molecule has 10 heteroatoms. The van der Waals surface area contributed by atoms with Gasteiger partial charge in [0.2, 0.25) is 11.7 Å². The molecule has 1 aromatic carbocycles. The topological polar surface area (TPSA) is 136 Å².